The van der Waals surface area contributed by atoms with Crippen LogP contribution in [-0.2, 0) is 14.4 Å². The molecule has 5 heteroatoms. The van der Waals surface area contributed by atoms with E-state index in [0.29, 0.717) is 13.0 Å². The molecule has 0 fully saturated rings. The Morgan fingerprint density at radius 3 is 3.11 bits per heavy atom. The molecular formula is C13H13NO4. The van der Waals surface area contributed by atoms with E-state index in [-0.39, 0.29) is 0 Å². The zero-order valence-electron chi connectivity index (χ0n) is 9.96. The highest BCUT2D eigenvalue weighted by molar-refractivity contribution is 6.03. The normalized spacial score (nSPS) is 16.2. The third kappa shape index (κ3) is 2.88. The van der Waals surface area contributed by atoms with Crippen LogP contribution in [-0.4, -0.2) is 25.4 Å². The van der Waals surface area contributed by atoms with E-state index in [2.05, 4.69) is 9.89 Å². The largest absolute Gasteiger partial charge is 0.492 e. The molecule has 5 nitrogen and oxygen atoms in total. The number of hydrogen-bond acceptors (Lipinski definition) is 5. The molecule has 0 spiro atoms. The van der Waals surface area contributed by atoms with Gasteiger partial charge in [0, 0.05) is 12.0 Å². The highest BCUT2D eigenvalue weighted by atomic mass is 16.6. The van der Waals surface area contributed by atoms with Crippen LogP contribution in [0, 0.1) is 0 Å². The van der Waals surface area contributed by atoms with E-state index in [0.717, 1.165) is 23.1 Å². The summed E-state index contributed by atoms with van der Waals surface area (Å²) >= 11 is 0. The summed E-state index contributed by atoms with van der Waals surface area (Å²) in [6.07, 6.45) is 3.02. The average Bonchev–Trinajstić information content (AvgIpc) is 2.43. The molecule has 1 aromatic carbocycles. The predicted molar refractivity (Wildman–Crippen MR) is 65.3 cm³/mol. The van der Waals surface area contributed by atoms with E-state index >= 15 is 0 Å². The second-order valence-corrected chi connectivity index (χ2v) is 3.56. The number of carbonyl (C=O) groups is 1. The molecule has 94 valence electrons. The van der Waals surface area contributed by atoms with Gasteiger partial charge < -0.3 is 14.3 Å². The lowest BCUT2D eigenvalue weighted by Gasteiger charge is -2.17. The fourth-order valence-electron chi connectivity index (χ4n) is 1.57. The molecule has 0 radical (unpaired) electrons. The zero-order chi connectivity index (χ0) is 12.8. The van der Waals surface area contributed by atoms with Gasteiger partial charge >= 0.3 is 5.97 Å². The fourth-order valence-corrected chi connectivity index (χ4v) is 1.57. The molecule has 1 aliphatic rings. The van der Waals surface area contributed by atoms with Crippen LogP contribution in [0.3, 0.4) is 0 Å². The van der Waals surface area contributed by atoms with Crippen molar-refractivity contribution in [3.8, 4) is 5.75 Å². The van der Waals surface area contributed by atoms with Gasteiger partial charge in [-0.05, 0) is 12.1 Å². The average molecular weight is 247 g/mol. The van der Waals surface area contributed by atoms with Crippen LogP contribution in [0.2, 0.25) is 0 Å². The Morgan fingerprint density at radius 2 is 2.28 bits per heavy atom. The molecule has 1 aromatic rings. The number of esters is 1. The van der Waals surface area contributed by atoms with E-state index < -0.39 is 5.97 Å². The molecule has 0 saturated heterocycles. The monoisotopic (exact) mass is 247 g/mol. The summed E-state index contributed by atoms with van der Waals surface area (Å²) in [5, 5.41) is 3.97. The lowest BCUT2D eigenvalue weighted by Crippen LogP contribution is -2.16. The number of benzene rings is 1. The number of nitrogens with zero attached hydrogens (tertiary/aromatic N) is 1. The summed E-state index contributed by atoms with van der Waals surface area (Å²) < 4.78 is 9.91. The standard InChI is InChI=1S/C13H13NO4/c1-16-13(15)7-9-18-14-11-6-8-17-12-5-3-2-4-10(11)12/h2-5,7,9H,6,8H2,1H3. The van der Waals surface area contributed by atoms with E-state index in [1.807, 2.05) is 24.3 Å². The summed E-state index contributed by atoms with van der Waals surface area (Å²) in [5.74, 6) is 0.311. The highest BCUT2D eigenvalue weighted by Gasteiger charge is 2.16. The van der Waals surface area contributed by atoms with Crippen molar-refractivity contribution in [2.24, 2.45) is 5.16 Å². The van der Waals surface area contributed by atoms with Gasteiger partial charge in [-0.15, -0.1) is 0 Å². The smallest absolute Gasteiger partial charge is 0.333 e. The summed E-state index contributed by atoms with van der Waals surface area (Å²) in [6.45, 7) is 0.569. The third-order valence-corrected chi connectivity index (χ3v) is 2.42. The van der Waals surface area contributed by atoms with Gasteiger partial charge in [-0.1, -0.05) is 17.3 Å². The van der Waals surface area contributed by atoms with Crippen LogP contribution in [0.15, 0.2) is 41.8 Å². The summed E-state index contributed by atoms with van der Waals surface area (Å²) in [4.78, 5) is 15.8. The molecule has 2 rings (SSSR count). The number of para-hydroxylation sites is 1. The second kappa shape index (κ2) is 5.86. The highest BCUT2D eigenvalue weighted by Crippen LogP contribution is 2.24. The van der Waals surface area contributed by atoms with Crippen molar-refractivity contribution in [3.05, 3.63) is 42.2 Å². The topological polar surface area (TPSA) is 57.1 Å². The second-order valence-electron chi connectivity index (χ2n) is 3.56. The van der Waals surface area contributed by atoms with Gasteiger partial charge in [-0.3, -0.25) is 0 Å². The number of fused-ring (bicyclic) bond motifs is 1. The Hall–Kier alpha value is -2.30. The summed E-state index contributed by atoms with van der Waals surface area (Å²) in [7, 11) is 1.30. The van der Waals surface area contributed by atoms with Crippen LogP contribution >= 0.6 is 0 Å². The number of methoxy groups -OCH3 is 1. The first-order chi connectivity index (χ1) is 8.81. The van der Waals surface area contributed by atoms with Crippen molar-refractivity contribution >= 4 is 11.7 Å². The van der Waals surface area contributed by atoms with Gasteiger partial charge in [0.2, 0.25) is 0 Å². The number of rotatable bonds is 3. The molecule has 0 unspecified atom stereocenters. The number of hydrogen-bond donors (Lipinski definition) is 0. The van der Waals surface area contributed by atoms with Gasteiger partial charge in [0.05, 0.1) is 25.5 Å². The quantitative estimate of drug-likeness (QED) is 0.354. The molecule has 0 saturated carbocycles. The Morgan fingerprint density at radius 1 is 1.44 bits per heavy atom. The van der Waals surface area contributed by atoms with Gasteiger partial charge in [-0.25, -0.2) is 4.79 Å². The van der Waals surface area contributed by atoms with Gasteiger partial charge in [0.1, 0.15) is 12.0 Å². The van der Waals surface area contributed by atoms with Gasteiger partial charge in [0.25, 0.3) is 0 Å². The van der Waals surface area contributed by atoms with Crippen LogP contribution in [0.1, 0.15) is 12.0 Å². The van der Waals surface area contributed by atoms with E-state index in [4.69, 9.17) is 9.57 Å². The first-order valence-electron chi connectivity index (χ1n) is 5.50. The van der Waals surface area contributed by atoms with Crippen LogP contribution in [0.5, 0.6) is 5.75 Å². The van der Waals surface area contributed by atoms with Crippen LogP contribution < -0.4 is 4.74 Å². The lowest BCUT2D eigenvalue weighted by atomic mass is 10.0. The molecule has 0 amide bonds. The van der Waals surface area contributed by atoms with Crippen molar-refractivity contribution in [3.63, 3.8) is 0 Å². The first kappa shape index (κ1) is 12.2. The van der Waals surface area contributed by atoms with Crippen molar-refractivity contribution in [2.45, 2.75) is 6.42 Å². The molecule has 0 N–H and O–H groups in total. The van der Waals surface area contributed by atoms with Gasteiger partial charge in [-0.2, -0.15) is 0 Å². The van der Waals surface area contributed by atoms with E-state index in [1.165, 1.54) is 13.4 Å². The van der Waals surface area contributed by atoms with Crippen molar-refractivity contribution in [1.29, 1.82) is 0 Å². The minimum absolute atomic E-state index is 0.484. The maximum atomic E-state index is 10.8. The van der Waals surface area contributed by atoms with Crippen molar-refractivity contribution in [2.75, 3.05) is 13.7 Å². The predicted octanol–water partition coefficient (Wildman–Crippen LogP) is 1.88. The van der Waals surface area contributed by atoms with E-state index in [1.54, 1.807) is 0 Å². The Labute approximate surface area is 105 Å². The Kier molecular flexibility index (Phi) is 3.96. The molecule has 18 heavy (non-hydrogen) atoms. The molecule has 1 heterocycles. The number of ether oxygens (including phenoxy) is 2. The molecule has 0 aromatic heterocycles. The SMILES string of the molecule is COC(=O)C=CON=C1CCOc2ccccc21. The third-order valence-electron chi connectivity index (χ3n) is 2.42. The minimum atomic E-state index is -0.484. The van der Waals surface area contributed by atoms with Crippen molar-refractivity contribution < 1.29 is 19.1 Å². The fraction of sp³-hybridized carbons (Fsp3) is 0.231. The molecule has 1 aliphatic heterocycles. The van der Waals surface area contributed by atoms with Gasteiger partial charge in [0.15, 0.2) is 0 Å². The number of carbonyl (C=O) groups excluding carboxylic acids is 1. The first-order valence-corrected chi connectivity index (χ1v) is 5.50. The van der Waals surface area contributed by atoms with Crippen molar-refractivity contribution in [1.82, 2.24) is 0 Å². The number of oxime groups is 1. The Bertz CT molecular complexity index is 494. The minimum Gasteiger partial charge on any atom is -0.492 e. The maximum absolute atomic E-state index is 10.8. The maximum Gasteiger partial charge on any atom is 0.333 e. The summed E-state index contributed by atoms with van der Waals surface area (Å²) in [6, 6.07) is 7.61. The molecule has 0 atom stereocenters. The molecule has 0 aliphatic carbocycles. The lowest BCUT2D eigenvalue weighted by molar-refractivity contribution is -0.135. The summed E-state index contributed by atoms with van der Waals surface area (Å²) in [5.41, 5.74) is 1.71. The van der Waals surface area contributed by atoms with E-state index in [9.17, 15) is 4.79 Å². The molecular weight excluding hydrogens is 234 g/mol. The Balaban J connectivity index is 2.06. The van der Waals surface area contributed by atoms with Crippen LogP contribution in [0.25, 0.3) is 0 Å². The zero-order valence-corrected chi connectivity index (χ0v) is 9.96. The molecule has 0 bridgehead atoms. The van der Waals surface area contributed by atoms with Crippen LogP contribution in [0.4, 0.5) is 0 Å².